The Balaban J connectivity index is 1.98. The molecular formula is C13H16N2O4S. The van der Waals surface area contributed by atoms with E-state index in [0.717, 1.165) is 0 Å². The molecule has 2 unspecified atom stereocenters. The van der Waals surface area contributed by atoms with E-state index in [2.05, 4.69) is 5.32 Å². The summed E-state index contributed by atoms with van der Waals surface area (Å²) in [6.45, 7) is 2.00. The van der Waals surface area contributed by atoms with Crippen molar-refractivity contribution in [1.29, 1.82) is 0 Å². The molecule has 0 aliphatic carbocycles. The third kappa shape index (κ3) is 2.98. The van der Waals surface area contributed by atoms with Crippen LogP contribution in [-0.2, 0) is 9.59 Å². The number of aliphatic carboxylic acids is 1. The quantitative estimate of drug-likeness (QED) is 0.866. The van der Waals surface area contributed by atoms with Crippen molar-refractivity contribution in [2.24, 2.45) is 0 Å². The molecule has 0 aromatic carbocycles. The van der Waals surface area contributed by atoms with Crippen LogP contribution in [-0.4, -0.2) is 46.4 Å². The molecule has 2 N–H and O–H groups in total. The summed E-state index contributed by atoms with van der Waals surface area (Å²) in [7, 11) is 0. The SMILES string of the molecule is CC(NC(=O)c1cccs1)C(=O)N1CCCC1C(=O)O. The van der Waals surface area contributed by atoms with Crippen molar-refractivity contribution >= 4 is 29.1 Å². The van der Waals surface area contributed by atoms with E-state index in [9.17, 15) is 14.4 Å². The number of nitrogens with zero attached hydrogens (tertiary/aromatic N) is 1. The zero-order valence-electron chi connectivity index (χ0n) is 11.0. The Bertz CT molecular complexity index is 514. The minimum Gasteiger partial charge on any atom is -0.480 e. The molecule has 0 bridgehead atoms. The number of carboxylic acid groups (broad SMARTS) is 1. The highest BCUT2D eigenvalue weighted by Crippen LogP contribution is 2.18. The van der Waals surface area contributed by atoms with Gasteiger partial charge >= 0.3 is 5.97 Å². The number of rotatable bonds is 4. The average molecular weight is 296 g/mol. The normalized spacial score (nSPS) is 19.6. The van der Waals surface area contributed by atoms with Gasteiger partial charge in [0.15, 0.2) is 0 Å². The van der Waals surface area contributed by atoms with Crippen LogP contribution in [0.15, 0.2) is 17.5 Å². The van der Waals surface area contributed by atoms with E-state index in [1.54, 1.807) is 24.4 Å². The first-order chi connectivity index (χ1) is 9.50. The average Bonchev–Trinajstić information content (AvgIpc) is 3.08. The molecule has 2 heterocycles. The molecule has 6 nitrogen and oxygen atoms in total. The number of thiophene rings is 1. The topological polar surface area (TPSA) is 86.7 Å². The van der Waals surface area contributed by atoms with Gasteiger partial charge in [-0.1, -0.05) is 6.07 Å². The van der Waals surface area contributed by atoms with Crippen molar-refractivity contribution in [3.8, 4) is 0 Å². The van der Waals surface area contributed by atoms with Gasteiger partial charge in [-0.15, -0.1) is 11.3 Å². The minimum absolute atomic E-state index is 0.313. The summed E-state index contributed by atoms with van der Waals surface area (Å²) in [4.78, 5) is 37.0. The lowest BCUT2D eigenvalue weighted by molar-refractivity contribution is -0.148. The molecule has 1 aliphatic heterocycles. The Morgan fingerprint density at radius 3 is 2.85 bits per heavy atom. The highest BCUT2D eigenvalue weighted by molar-refractivity contribution is 7.12. The van der Waals surface area contributed by atoms with Gasteiger partial charge < -0.3 is 15.3 Å². The largest absolute Gasteiger partial charge is 0.480 e. The first kappa shape index (κ1) is 14.5. The van der Waals surface area contributed by atoms with Crippen molar-refractivity contribution in [3.63, 3.8) is 0 Å². The van der Waals surface area contributed by atoms with E-state index in [-0.39, 0.29) is 11.8 Å². The molecule has 2 atom stereocenters. The lowest BCUT2D eigenvalue weighted by Gasteiger charge is -2.25. The second kappa shape index (κ2) is 6.04. The number of carbonyl (C=O) groups excluding carboxylic acids is 2. The Labute approximate surface area is 120 Å². The monoisotopic (exact) mass is 296 g/mol. The summed E-state index contributed by atoms with van der Waals surface area (Å²) in [5.41, 5.74) is 0. The molecule has 1 aliphatic rings. The van der Waals surface area contributed by atoms with Crippen LogP contribution in [0.2, 0.25) is 0 Å². The lowest BCUT2D eigenvalue weighted by atomic mass is 10.2. The van der Waals surface area contributed by atoms with Crippen LogP contribution in [0.1, 0.15) is 29.4 Å². The number of hydrogen-bond acceptors (Lipinski definition) is 4. The van der Waals surface area contributed by atoms with Gasteiger partial charge in [0, 0.05) is 6.54 Å². The van der Waals surface area contributed by atoms with E-state index in [1.807, 2.05) is 0 Å². The molecule has 0 radical (unpaired) electrons. The van der Waals surface area contributed by atoms with Crippen molar-refractivity contribution in [2.75, 3.05) is 6.54 Å². The molecule has 20 heavy (non-hydrogen) atoms. The molecular weight excluding hydrogens is 280 g/mol. The smallest absolute Gasteiger partial charge is 0.326 e. The summed E-state index contributed by atoms with van der Waals surface area (Å²) in [5.74, 6) is -1.65. The molecule has 0 spiro atoms. The maximum atomic E-state index is 12.2. The van der Waals surface area contributed by atoms with Crippen molar-refractivity contribution in [2.45, 2.75) is 31.8 Å². The van der Waals surface area contributed by atoms with E-state index < -0.39 is 18.1 Å². The summed E-state index contributed by atoms with van der Waals surface area (Å²) in [6.07, 6.45) is 1.14. The van der Waals surface area contributed by atoms with Crippen LogP contribution in [0, 0.1) is 0 Å². The van der Waals surface area contributed by atoms with Crippen molar-refractivity contribution in [1.82, 2.24) is 10.2 Å². The number of hydrogen-bond donors (Lipinski definition) is 2. The summed E-state index contributed by atoms with van der Waals surface area (Å²) >= 11 is 1.29. The van der Waals surface area contributed by atoms with Gasteiger partial charge in [0.25, 0.3) is 5.91 Å². The Morgan fingerprint density at radius 2 is 2.25 bits per heavy atom. The first-order valence-electron chi connectivity index (χ1n) is 6.38. The highest BCUT2D eigenvalue weighted by atomic mass is 32.1. The second-order valence-corrected chi connectivity index (χ2v) is 5.65. The summed E-state index contributed by atoms with van der Waals surface area (Å²) in [6, 6.07) is 1.92. The second-order valence-electron chi connectivity index (χ2n) is 4.70. The number of carbonyl (C=O) groups is 3. The maximum absolute atomic E-state index is 12.2. The fraction of sp³-hybridized carbons (Fsp3) is 0.462. The molecule has 1 aromatic heterocycles. The standard InChI is InChI=1S/C13H16N2O4S/c1-8(14-11(16)10-5-3-7-20-10)12(17)15-6-2-4-9(15)13(18)19/h3,5,7-9H,2,4,6H2,1H3,(H,14,16)(H,18,19). The van der Waals surface area contributed by atoms with Crippen LogP contribution < -0.4 is 5.32 Å². The van der Waals surface area contributed by atoms with Gasteiger partial charge in [-0.25, -0.2) is 4.79 Å². The number of amides is 2. The number of nitrogens with one attached hydrogen (secondary N) is 1. The number of carboxylic acids is 1. The van der Waals surface area contributed by atoms with Crippen molar-refractivity contribution < 1.29 is 19.5 Å². The van der Waals surface area contributed by atoms with Gasteiger partial charge in [0.2, 0.25) is 5.91 Å². The van der Waals surface area contributed by atoms with Crippen LogP contribution in [0.25, 0.3) is 0 Å². The fourth-order valence-electron chi connectivity index (χ4n) is 2.27. The van der Waals surface area contributed by atoms with Gasteiger partial charge in [-0.05, 0) is 31.2 Å². The van der Waals surface area contributed by atoms with Gasteiger partial charge in [0.1, 0.15) is 12.1 Å². The third-order valence-corrected chi connectivity index (χ3v) is 4.15. The zero-order valence-corrected chi connectivity index (χ0v) is 11.9. The molecule has 1 saturated heterocycles. The molecule has 2 rings (SSSR count). The predicted molar refractivity (Wildman–Crippen MR) is 73.6 cm³/mol. The van der Waals surface area contributed by atoms with Crippen molar-refractivity contribution in [3.05, 3.63) is 22.4 Å². The first-order valence-corrected chi connectivity index (χ1v) is 7.26. The summed E-state index contributed by atoms with van der Waals surface area (Å²) in [5, 5.41) is 13.5. The van der Waals surface area contributed by atoms with E-state index in [4.69, 9.17) is 5.11 Å². The van der Waals surface area contributed by atoms with E-state index in [0.29, 0.717) is 24.3 Å². The van der Waals surface area contributed by atoms with Crippen LogP contribution >= 0.6 is 11.3 Å². The Kier molecular flexibility index (Phi) is 4.39. The summed E-state index contributed by atoms with van der Waals surface area (Å²) < 4.78 is 0. The highest BCUT2D eigenvalue weighted by Gasteiger charge is 2.36. The Morgan fingerprint density at radius 1 is 1.50 bits per heavy atom. The molecule has 1 fully saturated rings. The molecule has 1 aromatic rings. The predicted octanol–water partition coefficient (Wildman–Crippen LogP) is 0.942. The molecule has 2 amide bonds. The molecule has 7 heteroatoms. The van der Waals surface area contributed by atoms with Gasteiger partial charge in [-0.3, -0.25) is 9.59 Å². The van der Waals surface area contributed by atoms with E-state index in [1.165, 1.54) is 16.2 Å². The van der Waals surface area contributed by atoms with E-state index >= 15 is 0 Å². The maximum Gasteiger partial charge on any atom is 0.326 e. The molecule has 0 saturated carbocycles. The number of likely N-dealkylation sites (tertiary alicyclic amines) is 1. The zero-order chi connectivity index (χ0) is 14.7. The van der Waals surface area contributed by atoms with Crippen LogP contribution in [0.4, 0.5) is 0 Å². The Hall–Kier alpha value is -1.89. The lowest BCUT2D eigenvalue weighted by Crippen LogP contribution is -2.50. The van der Waals surface area contributed by atoms with Gasteiger partial charge in [-0.2, -0.15) is 0 Å². The molecule has 108 valence electrons. The minimum atomic E-state index is -0.993. The van der Waals surface area contributed by atoms with Crippen LogP contribution in [0.3, 0.4) is 0 Å². The van der Waals surface area contributed by atoms with Crippen LogP contribution in [0.5, 0.6) is 0 Å². The fourth-order valence-corrected chi connectivity index (χ4v) is 2.90. The van der Waals surface area contributed by atoms with Gasteiger partial charge in [0.05, 0.1) is 4.88 Å². The third-order valence-electron chi connectivity index (χ3n) is 3.28.